The molecular formula is C45H36BN5O2. The summed E-state index contributed by atoms with van der Waals surface area (Å²) in [5.74, 6) is 1.73. The third-order valence-corrected chi connectivity index (χ3v) is 11.0. The Labute approximate surface area is 307 Å². The summed E-state index contributed by atoms with van der Waals surface area (Å²) in [5, 5.41) is 4.61. The van der Waals surface area contributed by atoms with Gasteiger partial charge in [0.2, 0.25) is 5.95 Å². The number of nitrogens with zero attached hydrogens (tertiary/aromatic N) is 5. The fourth-order valence-corrected chi connectivity index (χ4v) is 7.63. The molecule has 0 aliphatic carbocycles. The minimum absolute atomic E-state index is 0.427. The second kappa shape index (κ2) is 11.7. The highest BCUT2D eigenvalue weighted by molar-refractivity contribution is 6.62. The van der Waals surface area contributed by atoms with E-state index in [1.807, 2.05) is 54.6 Å². The molecule has 1 aliphatic heterocycles. The average molecular weight is 690 g/mol. The van der Waals surface area contributed by atoms with Gasteiger partial charge in [0.05, 0.1) is 33.3 Å². The number of para-hydroxylation sites is 3. The van der Waals surface area contributed by atoms with Gasteiger partial charge in [-0.3, -0.25) is 4.57 Å². The average Bonchev–Trinajstić information content (AvgIpc) is 3.79. The van der Waals surface area contributed by atoms with Crippen molar-refractivity contribution in [2.45, 2.75) is 38.9 Å². The molecule has 1 aliphatic rings. The van der Waals surface area contributed by atoms with Gasteiger partial charge in [-0.2, -0.15) is 9.97 Å². The maximum Gasteiger partial charge on any atom is 0.494 e. The molecule has 6 aromatic carbocycles. The summed E-state index contributed by atoms with van der Waals surface area (Å²) < 4.78 is 17.3. The highest BCUT2D eigenvalue weighted by Gasteiger charge is 2.51. The van der Waals surface area contributed by atoms with E-state index >= 15 is 0 Å². The highest BCUT2D eigenvalue weighted by Crippen LogP contribution is 2.42. The summed E-state index contributed by atoms with van der Waals surface area (Å²) in [6, 6.07) is 50.5. The Morgan fingerprint density at radius 2 is 0.925 bits per heavy atom. The first-order valence-corrected chi connectivity index (χ1v) is 18.1. The van der Waals surface area contributed by atoms with Crippen molar-refractivity contribution in [2.24, 2.45) is 0 Å². The number of fused-ring (bicyclic) bond motifs is 7. The van der Waals surface area contributed by atoms with Gasteiger partial charge in [0.25, 0.3) is 0 Å². The fraction of sp³-hybridized carbons (Fsp3) is 0.133. The van der Waals surface area contributed by atoms with Gasteiger partial charge >= 0.3 is 7.12 Å². The number of hydrogen-bond acceptors (Lipinski definition) is 5. The molecule has 1 fully saturated rings. The highest BCUT2D eigenvalue weighted by atomic mass is 16.7. The van der Waals surface area contributed by atoms with Crippen LogP contribution >= 0.6 is 0 Å². The summed E-state index contributed by atoms with van der Waals surface area (Å²) in [6.45, 7) is 8.28. The van der Waals surface area contributed by atoms with Gasteiger partial charge in [0.15, 0.2) is 11.6 Å². The lowest BCUT2D eigenvalue weighted by atomic mass is 9.79. The van der Waals surface area contributed by atoms with E-state index in [2.05, 4.69) is 128 Å². The van der Waals surface area contributed by atoms with Crippen LogP contribution in [0.1, 0.15) is 27.7 Å². The van der Waals surface area contributed by atoms with Gasteiger partial charge in [0, 0.05) is 38.4 Å². The van der Waals surface area contributed by atoms with Crippen LogP contribution in [0.5, 0.6) is 0 Å². The Bertz CT molecular complexity index is 2830. The molecule has 0 bridgehead atoms. The van der Waals surface area contributed by atoms with Crippen molar-refractivity contribution in [3.8, 4) is 34.4 Å². The number of rotatable bonds is 5. The lowest BCUT2D eigenvalue weighted by Gasteiger charge is -2.32. The van der Waals surface area contributed by atoms with E-state index in [0.717, 1.165) is 60.5 Å². The molecule has 9 aromatic rings. The van der Waals surface area contributed by atoms with Gasteiger partial charge in [-0.25, -0.2) is 4.98 Å². The quantitative estimate of drug-likeness (QED) is 0.168. The Morgan fingerprint density at radius 3 is 1.51 bits per heavy atom. The van der Waals surface area contributed by atoms with E-state index in [4.69, 9.17) is 24.3 Å². The molecule has 7 nitrogen and oxygen atoms in total. The van der Waals surface area contributed by atoms with Gasteiger partial charge < -0.3 is 13.9 Å². The van der Waals surface area contributed by atoms with Crippen LogP contribution in [0.4, 0.5) is 0 Å². The molecule has 4 heterocycles. The molecule has 8 heteroatoms. The smallest absolute Gasteiger partial charge is 0.399 e. The van der Waals surface area contributed by atoms with Crippen molar-refractivity contribution >= 4 is 56.2 Å². The van der Waals surface area contributed by atoms with Crippen molar-refractivity contribution in [1.82, 2.24) is 24.1 Å². The van der Waals surface area contributed by atoms with Crippen LogP contribution in [0.25, 0.3) is 78.0 Å². The first-order chi connectivity index (χ1) is 25.8. The molecule has 53 heavy (non-hydrogen) atoms. The monoisotopic (exact) mass is 689 g/mol. The van der Waals surface area contributed by atoms with Crippen LogP contribution in [-0.2, 0) is 9.31 Å². The topological polar surface area (TPSA) is 67.0 Å². The molecule has 256 valence electrons. The molecule has 0 amide bonds. The predicted molar refractivity (Wildman–Crippen MR) is 215 cm³/mol. The van der Waals surface area contributed by atoms with Crippen LogP contribution < -0.4 is 5.46 Å². The van der Waals surface area contributed by atoms with Gasteiger partial charge in [0.1, 0.15) is 0 Å². The maximum atomic E-state index is 6.35. The standard InChI is InChI=1S/C45H36BN5O2/c1-44(2)45(3,4)53-46(52-44)31-25-23-30(24-26-31)42-47-41(29-15-7-5-8-16-29)48-43(49-42)51-38-22-14-12-20-34(38)36-28-27-35-33-19-11-13-21-37(33)50(39(35)40(36)51)32-17-9-6-10-18-32/h5-28H,1-4H3. The van der Waals surface area contributed by atoms with Crippen LogP contribution in [-0.4, -0.2) is 42.4 Å². The Morgan fingerprint density at radius 1 is 0.453 bits per heavy atom. The second-order valence-corrected chi connectivity index (χ2v) is 14.8. The van der Waals surface area contributed by atoms with Gasteiger partial charge in [-0.05, 0) is 57.4 Å². The third-order valence-electron chi connectivity index (χ3n) is 11.0. The van der Waals surface area contributed by atoms with Crippen molar-refractivity contribution in [3.05, 3.63) is 146 Å². The van der Waals surface area contributed by atoms with Crippen LogP contribution in [0.2, 0.25) is 0 Å². The second-order valence-electron chi connectivity index (χ2n) is 14.8. The molecule has 0 radical (unpaired) electrons. The Kier molecular flexibility index (Phi) is 6.99. The molecular weight excluding hydrogens is 653 g/mol. The summed E-state index contributed by atoms with van der Waals surface area (Å²) in [5.41, 5.74) is 7.26. The van der Waals surface area contributed by atoms with E-state index in [1.165, 1.54) is 5.39 Å². The summed E-state index contributed by atoms with van der Waals surface area (Å²) >= 11 is 0. The zero-order chi connectivity index (χ0) is 35.9. The molecule has 0 N–H and O–H groups in total. The molecule has 0 atom stereocenters. The van der Waals surface area contributed by atoms with Crippen LogP contribution in [0.3, 0.4) is 0 Å². The van der Waals surface area contributed by atoms with E-state index in [9.17, 15) is 0 Å². The first-order valence-electron chi connectivity index (χ1n) is 18.1. The van der Waals surface area contributed by atoms with E-state index < -0.39 is 18.3 Å². The van der Waals surface area contributed by atoms with Crippen molar-refractivity contribution in [3.63, 3.8) is 0 Å². The van der Waals surface area contributed by atoms with Crippen LogP contribution in [0, 0.1) is 0 Å². The largest absolute Gasteiger partial charge is 0.494 e. The lowest BCUT2D eigenvalue weighted by molar-refractivity contribution is 0.00578. The Balaban J connectivity index is 1.24. The van der Waals surface area contributed by atoms with E-state index in [0.29, 0.717) is 17.6 Å². The zero-order valence-electron chi connectivity index (χ0n) is 30.0. The number of benzene rings is 6. The molecule has 0 unspecified atom stereocenters. The molecule has 0 saturated carbocycles. The minimum Gasteiger partial charge on any atom is -0.399 e. The first kappa shape index (κ1) is 31.6. The fourth-order valence-electron chi connectivity index (χ4n) is 7.63. The van der Waals surface area contributed by atoms with E-state index in [1.54, 1.807) is 0 Å². The summed E-state index contributed by atoms with van der Waals surface area (Å²) in [4.78, 5) is 15.6. The van der Waals surface area contributed by atoms with Crippen molar-refractivity contribution < 1.29 is 9.31 Å². The van der Waals surface area contributed by atoms with Gasteiger partial charge in [-0.1, -0.05) is 121 Å². The molecule has 1 saturated heterocycles. The van der Waals surface area contributed by atoms with E-state index in [-0.39, 0.29) is 0 Å². The summed E-state index contributed by atoms with van der Waals surface area (Å²) in [7, 11) is -0.459. The number of hydrogen-bond donors (Lipinski definition) is 0. The summed E-state index contributed by atoms with van der Waals surface area (Å²) in [6.07, 6.45) is 0. The SMILES string of the molecule is CC1(C)OB(c2ccc(-c3nc(-c4ccccc4)nc(-n4c5ccccc5c5ccc6c7ccccc7n(-c7ccccc7)c6c54)n3)cc2)OC1(C)C. The minimum atomic E-state index is -0.459. The lowest BCUT2D eigenvalue weighted by Crippen LogP contribution is -2.41. The van der Waals surface area contributed by atoms with Crippen molar-refractivity contribution in [2.75, 3.05) is 0 Å². The Hall–Kier alpha value is -6.09. The predicted octanol–water partition coefficient (Wildman–Crippen LogP) is 9.70. The van der Waals surface area contributed by atoms with Gasteiger partial charge in [-0.15, -0.1) is 0 Å². The maximum absolute atomic E-state index is 6.35. The molecule has 10 rings (SSSR count). The zero-order valence-corrected chi connectivity index (χ0v) is 30.0. The normalized spacial score (nSPS) is 15.3. The van der Waals surface area contributed by atoms with Crippen LogP contribution in [0.15, 0.2) is 146 Å². The van der Waals surface area contributed by atoms with Crippen molar-refractivity contribution in [1.29, 1.82) is 0 Å². The third kappa shape index (κ3) is 4.94. The number of aromatic nitrogens is 5. The molecule has 0 spiro atoms. The molecule has 3 aromatic heterocycles.